The number of nitrogens with two attached hydrogens (primary N) is 1. The fraction of sp³-hybridized carbons (Fsp3) is 0.462. The second-order valence-corrected chi connectivity index (χ2v) is 11.1. The first-order valence-corrected chi connectivity index (χ1v) is 9.26. The van der Waals surface area contributed by atoms with Crippen molar-refractivity contribution in [3.8, 4) is 5.75 Å². The lowest BCUT2D eigenvalue weighted by Crippen LogP contribution is -2.44. The second-order valence-electron chi connectivity index (χ2n) is 6.01. The van der Waals surface area contributed by atoms with Gasteiger partial charge in [0.05, 0.1) is 16.3 Å². The van der Waals surface area contributed by atoms with Gasteiger partial charge in [-0.25, -0.2) is 4.79 Å². The van der Waals surface area contributed by atoms with Gasteiger partial charge >= 0.3 is 5.97 Å². The van der Waals surface area contributed by atoms with E-state index >= 15 is 0 Å². The Balaban J connectivity index is 3.29. The van der Waals surface area contributed by atoms with Crippen LogP contribution in [0.4, 0.5) is 5.69 Å². The van der Waals surface area contributed by atoms with E-state index in [-0.39, 0.29) is 22.0 Å². The van der Waals surface area contributed by atoms with Gasteiger partial charge in [0, 0.05) is 0 Å². The maximum absolute atomic E-state index is 11.1. The van der Waals surface area contributed by atoms with Crippen LogP contribution in [0.2, 0.25) is 23.2 Å². The number of hydrogen-bond acceptors (Lipinski definition) is 3. The van der Waals surface area contributed by atoms with Crippen molar-refractivity contribution >= 4 is 31.6 Å². The van der Waals surface area contributed by atoms with Crippen LogP contribution >= 0.6 is 11.6 Å². The molecule has 4 nitrogen and oxygen atoms in total. The zero-order valence-corrected chi connectivity index (χ0v) is 13.6. The summed E-state index contributed by atoms with van der Waals surface area (Å²) in [5.41, 5.74) is 5.97. The highest BCUT2D eigenvalue weighted by Crippen LogP contribution is 2.42. The van der Waals surface area contributed by atoms with Gasteiger partial charge in [0.1, 0.15) is 5.75 Å². The molecule has 0 radical (unpaired) electrons. The first kappa shape index (κ1) is 15.9. The van der Waals surface area contributed by atoms with Crippen molar-refractivity contribution < 1.29 is 14.3 Å². The Labute approximate surface area is 119 Å². The van der Waals surface area contributed by atoms with Crippen LogP contribution in [-0.4, -0.2) is 19.4 Å². The normalized spacial score (nSPS) is 12.3. The van der Waals surface area contributed by atoms with Gasteiger partial charge in [-0.05, 0) is 30.3 Å². The SMILES string of the molecule is CC(C)(C)[Si](C)(C)Oc1c(Cl)ccc(C(=O)O)c1N. The summed E-state index contributed by atoms with van der Waals surface area (Å²) in [5.74, 6) is -0.803. The predicted molar refractivity (Wildman–Crippen MR) is 80.6 cm³/mol. The lowest BCUT2D eigenvalue weighted by Gasteiger charge is -2.37. The third kappa shape index (κ3) is 3.22. The van der Waals surface area contributed by atoms with E-state index in [2.05, 4.69) is 33.9 Å². The van der Waals surface area contributed by atoms with Crippen LogP contribution in [-0.2, 0) is 0 Å². The zero-order valence-electron chi connectivity index (χ0n) is 11.9. The lowest BCUT2D eigenvalue weighted by atomic mass is 10.1. The lowest BCUT2D eigenvalue weighted by molar-refractivity contribution is 0.0698. The van der Waals surface area contributed by atoms with E-state index in [0.29, 0.717) is 5.02 Å². The standard InChI is InChI=1S/C13H20ClNO3Si/c1-13(2,3)19(4,5)18-11-9(14)7-6-8(10(11)15)12(16)17/h6-7H,15H2,1-5H3,(H,16,17). The summed E-state index contributed by atoms with van der Waals surface area (Å²) >= 11 is 6.09. The molecule has 3 N–H and O–H groups in total. The van der Waals surface area contributed by atoms with Crippen LogP contribution in [0.15, 0.2) is 12.1 Å². The van der Waals surface area contributed by atoms with Crippen LogP contribution < -0.4 is 10.2 Å². The van der Waals surface area contributed by atoms with Gasteiger partial charge in [-0.1, -0.05) is 32.4 Å². The predicted octanol–water partition coefficient (Wildman–Crippen LogP) is 4.00. The molecule has 0 saturated carbocycles. The van der Waals surface area contributed by atoms with Gasteiger partial charge in [0.15, 0.2) is 0 Å². The number of benzene rings is 1. The van der Waals surface area contributed by atoms with E-state index in [1.807, 2.05) is 0 Å². The topological polar surface area (TPSA) is 72.5 Å². The van der Waals surface area contributed by atoms with Crippen molar-refractivity contribution in [3.63, 3.8) is 0 Å². The van der Waals surface area contributed by atoms with E-state index in [4.69, 9.17) is 26.9 Å². The molecule has 1 aromatic carbocycles. The van der Waals surface area contributed by atoms with E-state index in [9.17, 15) is 4.79 Å². The fourth-order valence-electron chi connectivity index (χ4n) is 1.27. The number of carboxylic acid groups (broad SMARTS) is 1. The molecule has 1 aromatic rings. The quantitative estimate of drug-likeness (QED) is 0.653. The summed E-state index contributed by atoms with van der Waals surface area (Å²) in [6.07, 6.45) is 0. The van der Waals surface area contributed by atoms with Crippen molar-refractivity contribution in [1.82, 2.24) is 0 Å². The van der Waals surface area contributed by atoms with E-state index in [1.54, 1.807) is 0 Å². The highest BCUT2D eigenvalue weighted by Gasteiger charge is 2.40. The number of rotatable bonds is 3. The molecule has 0 aliphatic rings. The number of anilines is 1. The van der Waals surface area contributed by atoms with Crippen molar-refractivity contribution in [2.75, 3.05) is 5.73 Å². The molecule has 0 aliphatic carbocycles. The Morgan fingerprint density at radius 2 is 1.89 bits per heavy atom. The number of hydrogen-bond donors (Lipinski definition) is 2. The second kappa shape index (κ2) is 5.05. The molecule has 106 valence electrons. The zero-order chi connectivity index (χ0) is 15.0. The first-order valence-electron chi connectivity index (χ1n) is 5.97. The molecule has 6 heteroatoms. The summed E-state index contributed by atoms with van der Waals surface area (Å²) in [5, 5.41) is 9.39. The Kier molecular flexibility index (Phi) is 4.22. The highest BCUT2D eigenvalue weighted by atomic mass is 35.5. The number of carboxylic acids is 1. The number of aromatic carboxylic acids is 1. The van der Waals surface area contributed by atoms with Crippen LogP contribution in [0, 0.1) is 0 Å². The molecule has 0 bridgehead atoms. The third-order valence-corrected chi connectivity index (χ3v) is 8.17. The van der Waals surface area contributed by atoms with Crippen molar-refractivity contribution in [2.45, 2.75) is 38.9 Å². The molecular weight excluding hydrogens is 282 g/mol. The highest BCUT2D eigenvalue weighted by molar-refractivity contribution is 6.74. The van der Waals surface area contributed by atoms with Gasteiger partial charge in [-0.3, -0.25) is 0 Å². The summed E-state index contributed by atoms with van der Waals surface area (Å²) in [6.45, 7) is 10.4. The molecule has 0 spiro atoms. The van der Waals surface area contributed by atoms with E-state index in [1.165, 1.54) is 12.1 Å². The van der Waals surface area contributed by atoms with Crippen LogP contribution in [0.3, 0.4) is 0 Å². The van der Waals surface area contributed by atoms with Crippen LogP contribution in [0.1, 0.15) is 31.1 Å². The maximum Gasteiger partial charge on any atom is 0.337 e. The molecular formula is C13H20ClNO3Si. The largest absolute Gasteiger partial charge is 0.541 e. The minimum Gasteiger partial charge on any atom is -0.541 e. The Hall–Kier alpha value is -1.20. The van der Waals surface area contributed by atoms with E-state index in [0.717, 1.165) is 0 Å². The smallest absolute Gasteiger partial charge is 0.337 e. The minimum absolute atomic E-state index is 0.0121. The van der Waals surface area contributed by atoms with Crippen LogP contribution in [0.25, 0.3) is 0 Å². The van der Waals surface area contributed by atoms with Gasteiger partial charge in [-0.2, -0.15) is 0 Å². The third-order valence-electron chi connectivity index (χ3n) is 3.54. The molecule has 0 fully saturated rings. The Morgan fingerprint density at radius 1 is 1.37 bits per heavy atom. The maximum atomic E-state index is 11.1. The van der Waals surface area contributed by atoms with Crippen molar-refractivity contribution in [1.29, 1.82) is 0 Å². The summed E-state index contributed by atoms with van der Waals surface area (Å²) in [6, 6.07) is 2.89. The summed E-state index contributed by atoms with van der Waals surface area (Å²) in [7, 11) is -2.12. The monoisotopic (exact) mass is 301 g/mol. The number of nitrogen functional groups attached to an aromatic ring is 1. The van der Waals surface area contributed by atoms with E-state index < -0.39 is 14.3 Å². The first-order chi connectivity index (χ1) is 8.47. The molecule has 0 aromatic heterocycles. The Morgan fingerprint density at radius 3 is 2.32 bits per heavy atom. The molecule has 0 amide bonds. The molecule has 1 rings (SSSR count). The fourth-order valence-corrected chi connectivity index (χ4v) is 2.58. The van der Waals surface area contributed by atoms with Crippen LogP contribution in [0.5, 0.6) is 5.75 Å². The molecule has 0 heterocycles. The van der Waals surface area contributed by atoms with Gasteiger partial charge in [0.2, 0.25) is 0 Å². The van der Waals surface area contributed by atoms with Crippen molar-refractivity contribution in [3.05, 3.63) is 22.7 Å². The molecule has 0 aliphatic heterocycles. The van der Waals surface area contributed by atoms with Gasteiger partial charge in [0.25, 0.3) is 8.32 Å². The summed E-state index contributed by atoms with van der Waals surface area (Å²) < 4.78 is 6.04. The average molecular weight is 302 g/mol. The molecule has 19 heavy (non-hydrogen) atoms. The summed E-state index contributed by atoms with van der Waals surface area (Å²) in [4.78, 5) is 11.1. The molecule has 0 atom stereocenters. The average Bonchev–Trinajstić information content (AvgIpc) is 2.21. The van der Waals surface area contributed by atoms with Gasteiger partial charge in [-0.15, -0.1) is 0 Å². The van der Waals surface area contributed by atoms with Gasteiger partial charge < -0.3 is 15.3 Å². The molecule has 0 unspecified atom stereocenters. The number of halogens is 1. The van der Waals surface area contributed by atoms with Crippen molar-refractivity contribution in [2.24, 2.45) is 0 Å². The molecule has 0 saturated heterocycles. The Bertz CT molecular complexity index is 509. The minimum atomic E-state index is -2.12. The number of carbonyl (C=O) groups is 1.